The third-order valence-electron chi connectivity index (χ3n) is 4.39. The van der Waals surface area contributed by atoms with Gasteiger partial charge in [-0.25, -0.2) is 0 Å². The first-order valence-electron chi connectivity index (χ1n) is 6.45. The molecule has 0 heterocycles. The summed E-state index contributed by atoms with van der Waals surface area (Å²) in [5.41, 5.74) is 0.308. The van der Waals surface area contributed by atoms with E-state index in [1.807, 2.05) is 24.3 Å². The van der Waals surface area contributed by atoms with E-state index in [2.05, 4.69) is 13.8 Å². The molecular formula is C15H22O2. The average Bonchev–Trinajstić information content (AvgIpc) is 2.36. The number of hydrogen-bond donors (Lipinski definition) is 1. The van der Waals surface area contributed by atoms with Crippen LogP contribution in [0.3, 0.4) is 0 Å². The Morgan fingerprint density at radius 2 is 2.12 bits per heavy atom. The van der Waals surface area contributed by atoms with Crippen molar-refractivity contribution in [2.45, 2.75) is 38.7 Å². The lowest BCUT2D eigenvalue weighted by Gasteiger charge is -2.42. The van der Waals surface area contributed by atoms with Crippen LogP contribution < -0.4 is 4.74 Å². The van der Waals surface area contributed by atoms with Gasteiger partial charge >= 0.3 is 0 Å². The summed E-state index contributed by atoms with van der Waals surface area (Å²) in [4.78, 5) is 0. The third kappa shape index (κ3) is 2.19. The zero-order valence-electron chi connectivity index (χ0n) is 10.9. The summed E-state index contributed by atoms with van der Waals surface area (Å²) >= 11 is 0. The van der Waals surface area contributed by atoms with Gasteiger partial charge in [0.25, 0.3) is 0 Å². The van der Waals surface area contributed by atoms with Gasteiger partial charge in [-0.15, -0.1) is 0 Å². The van der Waals surface area contributed by atoms with E-state index in [0.717, 1.165) is 24.2 Å². The highest BCUT2D eigenvalue weighted by atomic mass is 16.5. The maximum Gasteiger partial charge on any atom is 0.119 e. The second-order valence-electron chi connectivity index (χ2n) is 5.31. The summed E-state index contributed by atoms with van der Waals surface area (Å²) in [5, 5.41) is 10.9. The standard InChI is InChI=1S/C15H22O2/c1-11-6-5-9-15(16,12(11)2)13-7-4-8-14(10-13)17-3/h4,7-8,10-12,16H,5-6,9H2,1-3H3. The number of methoxy groups -OCH3 is 1. The summed E-state index contributed by atoms with van der Waals surface area (Å²) < 4.78 is 5.24. The molecule has 0 bridgehead atoms. The third-order valence-corrected chi connectivity index (χ3v) is 4.39. The lowest BCUT2D eigenvalue weighted by atomic mass is 9.67. The Balaban J connectivity index is 2.35. The molecule has 0 saturated heterocycles. The molecule has 0 spiro atoms. The molecule has 1 aliphatic rings. The van der Waals surface area contributed by atoms with Gasteiger partial charge in [-0.1, -0.05) is 32.4 Å². The van der Waals surface area contributed by atoms with Crippen LogP contribution in [0.5, 0.6) is 5.75 Å². The molecule has 3 unspecified atom stereocenters. The molecule has 94 valence electrons. The maximum atomic E-state index is 10.9. The molecule has 1 aromatic carbocycles. The van der Waals surface area contributed by atoms with Crippen molar-refractivity contribution in [3.05, 3.63) is 29.8 Å². The smallest absolute Gasteiger partial charge is 0.119 e. The van der Waals surface area contributed by atoms with Gasteiger partial charge in [0.2, 0.25) is 0 Å². The average molecular weight is 234 g/mol. The van der Waals surface area contributed by atoms with Gasteiger partial charge in [0, 0.05) is 0 Å². The molecule has 3 atom stereocenters. The van der Waals surface area contributed by atoms with Gasteiger partial charge in [-0.2, -0.15) is 0 Å². The Labute approximate surface area is 104 Å². The van der Waals surface area contributed by atoms with Crippen molar-refractivity contribution in [1.82, 2.24) is 0 Å². The largest absolute Gasteiger partial charge is 0.497 e. The molecule has 0 amide bonds. The molecule has 17 heavy (non-hydrogen) atoms. The Morgan fingerprint density at radius 1 is 1.35 bits per heavy atom. The highest BCUT2D eigenvalue weighted by Crippen LogP contribution is 2.44. The molecule has 2 rings (SSSR count). The van der Waals surface area contributed by atoms with E-state index in [0.29, 0.717) is 11.8 Å². The van der Waals surface area contributed by atoms with E-state index in [-0.39, 0.29) is 0 Å². The van der Waals surface area contributed by atoms with Crippen molar-refractivity contribution < 1.29 is 9.84 Å². The maximum absolute atomic E-state index is 10.9. The first-order chi connectivity index (χ1) is 8.08. The van der Waals surface area contributed by atoms with Crippen molar-refractivity contribution in [2.24, 2.45) is 11.8 Å². The molecule has 0 radical (unpaired) electrons. The van der Waals surface area contributed by atoms with E-state index in [4.69, 9.17) is 4.74 Å². The fraction of sp³-hybridized carbons (Fsp3) is 0.600. The summed E-state index contributed by atoms with van der Waals surface area (Å²) in [7, 11) is 1.66. The predicted octanol–water partition coefficient (Wildman–Crippen LogP) is 3.34. The van der Waals surface area contributed by atoms with Crippen molar-refractivity contribution >= 4 is 0 Å². The van der Waals surface area contributed by atoms with Crippen molar-refractivity contribution in [1.29, 1.82) is 0 Å². The monoisotopic (exact) mass is 234 g/mol. The van der Waals surface area contributed by atoms with E-state index in [1.165, 1.54) is 6.42 Å². The van der Waals surface area contributed by atoms with Crippen LogP contribution in [-0.4, -0.2) is 12.2 Å². The van der Waals surface area contributed by atoms with Crippen LogP contribution in [0.15, 0.2) is 24.3 Å². The van der Waals surface area contributed by atoms with Crippen LogP contribution >= 0.6 is 0 Å². The van der Waals surface area contributed by atoms with Crippen molar-refractivity contribution in [3.63, 3.8) is 0 Å². The van der Waals surface area contributed by atoms with Gasteiger partial charge in [0.1, 0.15) is 5.75 Å². The van der Waals surface area contributed by atoms with Crippen LogP contribution in [-0.2, 0) is 5.60 Å². The predicted molar refractivity (Wildman–Crippen MR) is 69.1 cm³/mol. The first-order valence-corrected chi connectivity index (χ1v) is 6.45. The van der Waals surface area contributed by atoms with E-state index in [1.54, 1.807) is 7.11 Å². The SMILES string of the molecule is COc1cccc(C2(O)CCCC(C)C2C)c1. The van der Waals surface area contributed by atoms with E-state index >= 15 is 0 Å². The molecule has 0 aromatic heterocycles. The molecule has 2 nitrogen and oxygen atoms in total. The summed E-state index contributed by atoms with van der Waals surface area (Å²) in [6.45, 7) is 4.39. The van der Waals surface area contributed by atoms with Crippen molar-refractivity contribution in [3.8, 4) is 5.75 Å². The second-order valence-corrected chi connectivity index (χ2v) is 5.31. The number of ether oxygens (including phenoxy) is 1. The van der Waals surface area contributed by atoms with Crippen LogP contribution in [0.1, 0.15) is 38.7 Å². The van der Waals surface area contributed by atoms with Gasteiger partial charge in [-0.3, -0.25) is 0 Å². The van der Waals surface area contributed by atoms with Gasteiger partial charge in [0.05, 0.1) is 12.7 Å². The van der Waals surface area contributed by atoms with Gasteiger partial charge in [-0.05, 0) is 42.4 Å². The molecule has 1 fully saturated rings. The number of benzene rings is 1. The number of hydrogen-bond acceptors (Lipinski definition) is 2. The second kappa shape index (κ2) is 4.69. The molecule has 1 aromatic rings. The summed E-state index contributed by atoms with van der Waals surface area (Å²) in [6.07, 6.45) is 3.17. The first kappa shape index (κ1) is 12.4. The van der Waals surface area contributed by atoms with Crippen molar-refractivity contribution in [2.75, 3.05) is 7.11 Å². The molecule has 1 N–H and O–H groups in total. The van der Waals surface area contributed by atoms with Crippen LogP contribution in [0.4, 0.5) is 0 Å². The summed E-state index contributed by atoms with van der Waals surface area (Å²) in [6, 6.07) is 7.85. The van der Waals surface area contributed by atoms with Gasteiger partial charge in [0.15, 0.2) is 0 Å². The molecular weight excluding hydrogens is 212 g/mol. The lowest BCUT2D eigenvalue weighted by molar-refractivity contribution is -0.0689. The minimum atomic E-state index is -0.688. The zero-order valence-corrected chi connectivity index (χ0v) is 10.9. The van der Waals surface area contributed by atoms with Gasteiger partial charge < -0.3 is 9.84 Å². The minimum Gasteiger partial charge on any atom is -0.497 e. The number of rotatable bonds is 2. The fourth-order valence-electron chi connectivity index (χ4n) is 2.94. The molecule has 2 heteroatoms. The highest BCUT2D eigenvalue weighted by Gasteiger charge is 2.41. The number of aliphatic hydroxyl groups is 1. The van der Waals surface area contributed by atoms with E-state index < -0.39 is 5.60 Å². The molecule has 1 aliphatic carbocycles. The Kier molecular flexibility index (Phi) is 3.43. The molecule has 0 aliphatic heterocycles. The summed E-state index contributed by atoms with van der Waals surface area (Å²) in [5.74, 6) is 1.68. The quantitative estimate of drug-likeness (QED) is 0.850. The highest BCUT2D eigenvalue weighted by molar-refractivity contribution is 5.33. The topological polar surface area (TPSA) is 29.5 Å². The molecule has 1 saturated carbocycles. The fourth-order valence-corrected chi connectivity index (χ4v) is 2.94. The Morgan fingerprint density at radius 3 is 2.82 bits per heavy atom. The lowest BCUT2D eigenvalue weighted by Crippen LogP contribution is -2.40. The normalized spacial score (nSPS) is 33.4. The Bertz CT molecular complexity index is 388. The van der Waals surface area contributed by atoms with Crippen LogP contribution in [0.25, 0.3) is 0 Å². The van der Waals surface area contributed by atoms with E-state index in [9.17, 15) is 5.11 Å². The van der Waals surface area contributed by atoms with Crippen LogP contribution in [0.2, 0.25) is 0 Å². The Hall–Kier alpha value is -1.02. The minimum absolute atomic E-state index is 0.295. The zero-order chi connectivity index (χ0) is 12.5. The van der Waals surface area contributed by atoms with Crippen LogP contribution in [0, 0.1) is 11.8 Å².